The van der Waals surface area contributed by atoms with E-state index in [1.54, 1.807) is 7.11 Å². The van der Waals surface area contributed by atoms with Crippen LogP contribution in [0.3, 0.4) is 0 Å². The van der Waals surface area contributed by atoms with Crippen LogP contribution in [0.2, 0.25) is 0 Å². The van der Waals surface area contributed by atoms with Gasteiger partial charge in [0.1, 0.15) is 5.75 Å². The summed E-state index contributed by atoms with van der Waals surface area (Å²) in [7, 11) is 1.69. The molecule has 2 aromatic rings. The molecule has 1 aromatic carbocycles. The second kappa shape index (κ2) is 3.58. The molecule has 0 atom stereocenters. The van der Waals surface area contributed by atoms with E-state index >= 15 is 0 Å². The van der Waals surface area contributed by atoms with Gasteiger partial charge in [-0.25, -0.2) is 0 Å². The summed E-state index contributed by atoms with van der Waals surface area (Å²) in [6, 6.07) is 6.00. The van der Waals surface area contributed by atoms with Crippen LogP contribution in [0.15, 0.2) is 37.1 Å². The number of fused-ring (bicyclic) bond motifs is 1. The molecule has 0 bridgehead atoms. The molecular weight excluding hydrogens is 174 g/mol. The average Bonchev–Trinajstić information content (AvgIpc) is 2.62. The fourth-order valence-corrected chi connectivity index (χ4v) is 1.71. The number of methoxy groups -OCH3 is 1. The van der Waals surface area contributed by atoms with Gasteiger partial charge in [0.05, 0.1) is 7.11 Å². The van der Waals surface area contributed by atoms with Crippen LogP contribution in [-0.2, 0) is 6.42 Å². The summed E-state index contributed by atoms with van der Waals surface area (Å²) in [5.41, 5.74) is 2.34. The predicted molar refractivity (Wildman–Crippen MR) is 58.8 cm³/mol. The average molecular weight is 187 g/mol. The molecule has 0 saturated carbocycles. The molecule has 2 rings (SSSR count). The van der Waals surface area contributed by atoms with Gasteiger partial charge in [0.2, 0.25) is 0 Å². The molecule has 0 aliphatic heterocycles. The van der Waals surface area contributed by atoms with Gasteiger partial charge in [0.15, 0.2) is 0 Å². The molecule has 0 unspecified atom stereocenters. The first-order valence-electron chi connectivity index (χ1n) is 4.60. The Hall–Kier alpha value is -1.70. The van der Waals surface area contributed by atoms with Crippen LogP contribution in [0, 0.1) is 0 Å². The summed E-state index contributed by atoms with van der Waals surface area (Å²) < 4.78 is 5.32. The second-order valence-corrected chi connectivity index (χ2v) is 3.19. The number of H-pyrrole nitrogens is 1. The Balaban J connectivity index is 2.67. The Morgan fingerprint density at radius 3 is 3.07 bits per heavy atom. The third-order valence-electron chi connectivity index (χ3n) is 2.33. The number of ether oxygens (including phenoxy) is 1. The van der Waals surface area contributed by atoms with E-state index in [2.05, 4.69) is 11.6 Å². The Kier molecular flexibility index (Phi) is 2.27. The number of hydrogen-bond acceptors (Lipinski definition) is 1. The van der Waals surface area contributed by atoms with E-state index in [0.717, 1.165) is 23.1 Å². The molecule has 72 valence electrons. The lowest BCUT2D eigenvalue weighted by Crippen LogP contribution is -1.85. The third kappa shape index (κ3) is 1.29. The van der Waals surface area contributed by atoms with Gasteiger partial charge < -0.3 is 9.72 Å². The summed E-state index contributed by atoms with van der Waals surface area (Å²) in [5, 5.41) is 1.16. The molecule has 1 N–H and O–H groups in total. The largest absolute Gasteiger partial charge is 0.496 e. The molecule has 2 heteroatoms. The smallest absolute Gasteiger partial charge is 0.128 e. The van der Waals surface area contributed by atoms with Crippen molar-refractivity contribution < 1.29 is 4.74 Å². The summed E-state index contributed by atoms with van der Waals surface area (Å²) in [4.78, 5) is 3.22. The lowest BCUT2D eigenvalue weighted by molar-refractivity contribution is 0.419. The van der Waals surface area contributed by atoms with Crippen LogP contribution >= 0.6 is 0 Å². The Labute approximate surface area is 83.2 Å². The Bertz CT molecular complexity index is 456. The molecule has 0 spiro atoms. The first-order valence-corrected chi connectivity index (χ1v) is 4.60. The monoisotopic (exact) mass is 187 g/mol. The SMILES string of the molecule is C=CCc1c[nH]c2cccc(OC)c12. The van der Waals surface area contributed by atoms with Crippen LogP contribution in [0.4, 0.5) is 0 Å². The van der Waals surface area contributed by atoms with E-state index < -0.39 is 0 Å². The molecule has 2 nitrogen and oxygen atoms in total. The summed E-state index contributed by atoms with van der Waals surface area (Å²) >= 11 is 0. The zero-order chi connectivity index (χ0) is 9.97. The third-order valence-corrected chi connectivity index (χ3v) is 2.33. The molecule has 1 aromatic heterocycles. The predicted octanol–water partition coefficient (Wildman–Crippen LogP) is 2.91. The van der Waals surface area contributed by atoms with Gasteiger partial charge in [-0.1, -0.05) is 12.1 Å². The van der Waals surface area contributed by atoms with E-state index in [9.17, 15) is 0 Å². The van der Waals surface area contributed by atoms with Crippen molar-refractivity contribution >= 4 is 10.9 Å². The van der Waals surface area contributed by atoms with Crippen LogP contribution in [-0.4, -0.2) is 12.1 Å². The maximum atomic E-state index is 5.32. The number of nitrogens with one attached hydrogen (secondary N) is 1. The van der Waals surface area contributed by atoms with Crippen molar-refractivity contribution in [2.24, 2.45) is 0 Å². The van der Waals surface area contributed by atoms with E-state index in [1.807, 2.05) is 30.5 Å². The molecule has 0 aliphatic rings. The van der Waals surface area contributed by atoms with E-state index in [1.165, 1.54) is 5.56 Å². The minimum absolute atomic E-state index is 0.861. The molecular formula is C12H13NO. The maximum Gasteiger partial charge on any atom is 0.128 e. The van der Waals surface area contributed by atoms with Crippen molar-refractivity contribution in [3.05, 3.63) is 42.6 Å². The first-order chi connectivity index (χ1) is 6.86. The fraction of sp³-hybridized carbons (Fsp3) is 0.167. The van der Waals surface area contributed by atoms with Crippen LogP contribution in [0.5, 0.6) is 5.75 Å². The van der Waals surface area contributed by atoms with Gasteiger partial charge in [-0.3, -0.25) is 0 Å². The highest BCUT2D eigenvalue weighted by Crippen LogP contribution is 2.28. The van der Waals surface area contributed by atoms with Crippen molar-refractivity contribution in [2.75, 3.05) is 7.11 Å². The Morgan fingerprint density at radius 1 is 1.50 bits per heavy atom. The summed E-state index contributed by atoms with van der Waals surface area (Å²) in [6.45, 7) is 3.74. The van der Waals surface area contributed by atoms with Gasteiger partial charge in [-0.05, 0) is 24.1 Å². The summed E-state index contributed by atoms with van der Waals surface area (Å²) in [5.74, 6) is 0.917. The maximum absolute atomic E-state index is 5.32. The van der Waals surface area contributed by atoms with Gasteiger partial charge in [0, 0.05) is 17.1 Å². The minimum atomic E-state index is 0.861. The number of aromatic amines is 1. The van der Waals surface area contributed by atoms with Crippen molar-refractivity contribution in [2.45, 2.75) is 6.42 Å². The molecule has 0 saturated heterocycles. The molecule has 0 aliphatic carbocycles. The molecule has 14 heavy (non-hydrogen) atoms. The van der Waals surface area contributed by atoms with Gasteiger partial charge in [-0.15, -0.1) is 6.58 Å². The van der Waals surface area contributed by atoms with Crippen LogP contribution in [0.25, 0.3) is 10.9 Å². The topological polar surface area (TPSA) is 25.0 Å². The second-order valence-electron chi connectivity index (χ2n) is 3.19. The number of hydrogen-bond donors (Lipinski definition) is 1. The number of allylic oxidation sites excluding steroid dienone is 1. The van der Waals surface area contributed by atoms with Gasteiger partial charge >= 0.3 is 0 Å². The summed E-state index contributed by atoms with van der Waals surface area (Å²) in [6.07, 6.45) is 4.77. The minimum Gasteiger partial charge on any atom is -0.496 e. The van der Waals surface area contributed by atoms with Crippen LogP contribution in [0.1, 0.15) is 5.56 Å². The lowest BCUT2D eigenvalue weighted by atomic mass is 10.1. The molecule has 0 amide bonds. The standard InChI is InChI=1S/C12H13NO/c1-3-5-9-8-13-10-6-4-7-11(14-2)12(9)10/h3-4,6-8,13H,1,5H2,2H3. The highest BCUT2D eigenvalue weighted by molar-refractivity contribution is 5.89. The van der Waals surface area contributed by atoms with E-state index in [-0.39, 0.29) is 0 Å². The highest BCUT2D eigenvalue weighted by Gasteiger charge is 2.06. The normalized spacial score (nSPS) is 10.4. The molecule has 0 fully saturated rings. The number of benzene rings is 1. The number of aromatic nitrogens is 1. The zero-order valence-corrected chi connectivity index (χ0v) is 8.21. The fourth-order valence-electron chi connectivity index (χ4n) is 1.71. The van der Waals surface area contributed by atoms with Crippen molar-refractivity contribution in [1.82, 2.24) is 4.98 Å². The highest BCUT2D eigenvalue weighted by atomic mass is 16.5. The molecule has 0 radical (unpaired) electrons. The van der Waals surface area contributed by atoms with Gasteiger partial charge in [-0.2, -0.15) is 0 Å². The molecule has 1 heterocycles. The number of rotatable bonds is 3. The van der Waals surface area contributed by atoms with Crippen molar-refractivity contribution in [3.63, 3.8) is 0 Å². The lowest BCUT2D eigenvalue weighted by Gasteiger charge is -2.02. The Morgan fingerprint density at radius 2 is 2.36 bits per heavy atom. The van der Waals surface area contributed by atoms with E-state index in [0.29, 0.717) is 0 Å². The van der Waals surface area contributed by atoms with Crippen molar-refractivity contribution in [1.29, 1.82) is 0 Å². The quantitative estimate of drug-likeness (QED) is 0.734. The first kappa shape index (κ1) is 8.88. The van der Waals surface area contributed by atoms with E-state index in [4.69, 9.17) is 4.74 Å². The van der Waals surface area contributed by atoms with Gasteiger partial charge in [0.25, 0.3) is 0 Å². The zero-order valence-electron chi connectivity index (χ0n) is 8.21. The van der Waals surface area contributed by atoms with Crippen LogP contribution < -0.4 is 4.74 Å². The van der Waals surface area contributed by atoms with Crippen molar-refractivity contribution in [3.8, 4) is 5.75 Å².